The van der Waals surface area contributed by atoms with Gasteiger partial charge in [0.15, 0.2) is 0 Å². The van der Waals surface area contributed by atoms with E-state index < -0.39 is 6.10 Å². The summed E-state index contributed by atoms with van der Waals surface area (Å²) in [6, 6.07) is 17.5. The molecule has 1 aliphatic heterocycles. The van der Waals surface area contributed by atoms with Crippen LogP contribution in [0.4, 0.5) is 5.69 Å². The van der Waals surface area contributed by atoms with Gasteiger partial charge in [0.2, 0.25) is 0 Å². The number of alkyl halides is 1. The Balaban J connectivity index is 1.65. The number of piperidine rings is 1. The Bertz CT molecular complexity index is 768. The number of halogens is 1. The van der Waals surface area contributed by atoms with Gasteiger partial charge in [-0.2, -0.15) is 0 Å². The quantitative estimate of drug-likeness (QED) is 0.490. The van der Waals surface area contributed by atoms with Crippen molar-refractivity contribution in [3.63, 3.8) is 0 Å². The second-order valence-corrected chi connectivity index (χ2v) is 7.20. The molecule has 0 aliphatic carbocycles. The fourth-order valence-electron chi connectivity index (χ4n) is 3.52. The van der Waals surface area contributed by atoms with Crippen molar-refractivity contribution in [2.24, 2.45) is 0 Å². The van der Waals surface area contributed by atoms with Crippen LogP contribution in [-0.4, -0.2) is 35.2 Å². The van der Waals surface area contributed by atoms with E-state index in [-0.39, 0.29) is 11.4 Å². The molecule has 1 aliphatic rings. The molecule has 2 aromatic carbocycles. The molecule has 0 aromatic heterocycles. The molecular weight excluding hydrogens is 344 g/mol. The maximum Gasteiger partial charge on any atom is 0.0765 e. The SMILES string of the molecule is Nc1cccc(C#CCCN2CCCC(O)C2C(Cl)c2ccccc2)c1. The van der Waals surface area contributed by atoms with Gasteiger partial charge in [-0.1, -0.05) is 48.2 Å². The molecule has 3 N–H and O–H groups in total. The predicted molar refractivity (Wildman–Crippen MR) is 108 cm³/mol. The van der Waals surface area contributed by atoms with Crippen LogP contribution >= 0.6 is 11.6 Å². The minimum atomic E-state index is -0.409. The molecule has 3 nitrogen and oxygen atoms in total. The van der Waals surface area contributed by atoms with Crippen LogP contribution in [0.2, 0.25) is 0 Å². The van der Waals surface area contributed by atoms with Crippen LogP contribution in [0.3, 0.4) is 0 Å². The van der Waals surface area contributed by atoms with E-state index >= 15 is 0 Å². The summed E-state index contributed by atoms with van der Waals surface area (Å²) in [7, 11) is 0. The molecule has 0 saturated carbocycles. The maximum absolute atomic E-state index is 10.6. The molecule has 136 valence electrons. The summed E-state index contributed by atoms with van der Waals surface area (Å²) in [5, 5.41) is 10.3. The van der Waals surface area contributed by atoms with Crippen molar-refractivity contribution in [2.45, 2.75) is 36.8 Å². The van der Waals surface area contributed by atoms with Crippen LogP contribution in [0.15, 0.2) is 54.6 Å². The zero-order valence-corrected chi connectivity index (χ0v) is 15.6. The van der Waals surface area contributed by atoms with Crippen molar-refractivity contribution in [3.8, 4) is 11.8 Å². The van der Waals surface area contributed by atoms with Gasteiger partial charge in [0.1, 0.15) is 0 Å². The summed E-state index contributed by atoms with van der Waals surface area (Å²) in [4.78, 5) is 2.28. The first-order valence-corrected chi connectivity index (χ1v) is 9.54. The van der Waals surface area contributed by atoms with Crippen LogP contribution in [0.5, 0.6) is 0 Å². The Morgan fingerprint density at radius 2 is 2.00 bits per heavy atom. The van der Waals surface area contributed by atoms with Crippen LogP contribution in [0.1, 0.15) is 35.8 Å². The summed E-state index contributed by atoms with van der Waals surface area (Å²) >= 11 is 6.75. The summed E-state index contributed by atoms with van der Waals surface area (Å²) in [5.74, 6) is 6.38. The largest absolute Gasteiger partial charge is 0.399 e. The topological polar surface area (TPSA) is 49.5 Å². The molecule has 26 heavy (non-hydrogen) atoms. The van der Waals surface area contributed by atoms with E-state index in [0.717, 1.165) is 49.2 Å². The Morgan fingerprint density at radius 1 is 1.19 bits per heavy atom. The molecule has 3 rings (SSSR count). The van der Waals surface area contributed by atoms with E-state index in [2.05, 4.69) is 16.7 Å². The van der Waals surface area contributed by atoms with Gasteiger partial charge in [-0.3, -0.25) is 4.90 Å². The molecule has 0 bridgehead atoms. The average Bonchev–Trinajstić information content (AvgIpc) is 2.66. The summed E-state index contributed by atoms with van der Waals surface area (Å²) in [6.07, 6.45) is 2.11. The minimum Gasteiger partial charge on any atom is -0.399 e. The first kappa shape index (κ1) is 18.8. The molecule has 1 fully saturated rings. The predicted octanol–water partition coefficient (Wildman–Crippen LogP) is 3.82. The Hall–Kier alpha value is -1.99. The van der Waals surface area contributed by atoms with Crippen LogP contribution in [0.25, 0.3) is 0 Å². The normalized spacial score (nSPS) is 21.6. The highest BCUT2D eigenvalue weighted by Crippen LogP contribution is 2.33. The van der Waals surface area contributed by atoms with Gasteiger partial charge in [0, 0.05) is 24.2 Å². The minimum absolute atomic E-state index is 0.0815. The molecule has 2 aromatic rings. The lowest BCUT2D eigenvalue weighted by Gasteiger charge is -2.41. The van der Waals surface area contributed by atoms with Crippen LogP contribution in [0, 0.1) is 11.8 Å². The molecular formula is C22H25ClN2O. The molecule has 3 atom stereocenters. The number of nitrogens with zero attached hydrogens (tertiary/aromatic N) is 1. The fourth-order valence-corrected chi connectivity index (χ4v) is 4.00. The molecule has 0 spiro atoms. The smallest absolute Gasteiger partial charge is 0.0765 e. The lowest BCUT2D eigenvalue weighted by atomic mass is 9.92. The molecule has 0 radical (unpaired) electrons. The summed E-state index contributed by atoms with van der Waals surface area (Å²) < 4.78 is 0. The van der Waals surface area contributed by atoms with Crippen molar-refractivity contribution in [3.05, 3.63) is 65.7 Å². The Morgan fingerprint density at radius 3 is 2.77 bits per heavy atom. The number of rotatable bonds is 4. The Labute approximate surface area is 160 Å². The second kappa shape index (κ2) is 9.09. The third-order valence-electron chi connectivity index (χ3n) is 4.82. The first-order chi connectivity index (χ1) is 12.6. The number of aliphatic hydroxyl groups is 1. The van der Waals surface area contributed by atoms with Gasteiger partial charge in [-0.15, -0.1) is 11.6 Å². The molecule has 1 saturated heterocycles. The molecule has 4 heteroatoms. The van der Waals surface area contributed by atoms with Gasteiger partial charge >= 0.3 is 0 Å². The van der Waals surface area contributed by atoms with E-state index in [1.165, 1.54) is 0 Å². The molecule has 1 heterocycles. The highest BCUT2D eigenvalue weighted by Gasteiger charge is 2.35. The number of anilines is 1. The summed E-state index contributed by atoms with van der Waals surface area (Å²) in [5.41, 5.74) is 8.49. The lowest BCUT2D eigenvalue weighted by molar-refractivity contribution is 0.00983. The highest BCUT2D eigenvalue weighted by atomic mass is 35.5. The van der Waals surface area contributed by atoms with E-state index in [0.29, 0.717) is 0 Å². The first-order valence-electron chi connectivity index (χ1n) is 9.10. The molecule has 0 amide bonds. The van der Waals surface area contributed by atoms with E-state index in [1.54, 1.807) is 0 Å². The third-order valence-corrected chi connectivity index (χ3v) is 5.33. The fraction of sp³-hybridized carbons (Fsp3) is 0.364. The van der Waals surface area contributed by atoms with Gasteiger partial charge in [-0.25, -0.2) is 0 Å². The summed E-state index contributed by atoms with van der Waals surface area (Å²) in [6.45, 7) is 1.74. The second-order valence-electron chi connectivity index (χ2n) is 6.73. The number of hydrogen-bond donors (Lipinski definition) is 2. The van der Waals surface area contributed by atoms with Crippen molar-refractivity contribution in [1.82, 2.24) is 4.90 Å². The number of nitrogen functional groups attached to an aromatic ring is 1. The number of likely N-dealkylation sites (tertiary alicyclic amines) is 1. The van der Waals surface area contributed by atoms with E-state index in [1.807, 2.05) is 54.6 Å². The van der Waals surface area contributed by atoms with E-state index in [9.17, 15) is 5.11 Å². The molecule has 3 unspecified atom stereocenters. The zero-order valence-electron chi connectivity index (χ0n) is 14.8. The Kier molecular flexibility index (Phi) is 6.57. The third kappa shape index (κ3) is 4.80. The van der Waals surface area contributed by atoms with Gasteiger partial charge in [0.25, 0.3) is 0 Å². The number of benzene rings is 2. The number of aliphatic hydroxyl groups excluding tert-OH is 1. The van der Waals surface area contributed by atoms with E-state index in [4.69, 9.17) is 17.3 Å². The van der Waals surface area contributed by atoms with Gasteiger partial charge in [0.05, 0.1) is 17.5 Å². The zero-order chi connectivity index (χ0) is 18.4. The average molecular weight is 369 g/mol. The van der Waals surface area contributed by atoms with Crippen molar-refractivity contribution in [1.29, 1.82) is 0 Å². The van der Waals surface area contributed by atoms with Crippen molar-refractivity contribution in [2.75, 3.05) is 18.8 Å². The van der Waals surface area contributed by atoms with Crippen LogP contribution < -0.4 is 5.73 Å². The highest BCUT2D eigenvalue weighted by molar-refractivity contribution is 6.21. The van der Waals surface area contributed by atoms with Crippen molar-refractivity contribution >= 4 is 17.3 Å². The maximum atomic E-state index is 10.6. The van der Waals surface area contributed by atoms with Crippen LogP contribution in [-0.2, 0) is 0 Å². The van der Waals surface area contributed by atoms with Gasteiger partial charge in [-0.05, 0) is 43.1 Å². The van der Waals surface area contributed by atoms with Crippen molar-refractivity contribution < 1.29 is 5.11 Å². The monoisotopic (exact) mass is 368 g/mol. The lowest BCUT2D eigenvalue weighted by Crippen LogP contribution is -2.50. The standard InChI is InChI=1S/C22H25ClN2O/c23-21(18-10-2-1-3-11-18)22-20(26)13-7-15-25(22)14-5-4-8-17-9-6-12-19(24)16-17/h1-3,6,9-12,16,20-22,26H,5,7,13-15,24H2. The number of hydrogen-bond acceptors (Lipinski definition) is 3. The van der Waals surface area contributed by atoms with Gasteiger partial charge < -0.3 is 10.8 Å². The number of nitrogens with two attached hydrogens (primary N) is 1.